The molecule has 0 spiro atoms. The van der Waals surface area contributed by atoms with E-state index in [-0.39, 0.29) is 10.7 Å². The summed E-state index contributed by atoms with van der Waals surface area (Å²) in [5, 5.41) is 14.6. The molecule has 20 heavy (non-hydrogen) atoms. The van der Waals surface area contributed by atoms with E-state index in [1.54, 1.807) is 12.1 Å². The first-order valence-corrected chi connectivity index (χ1v) is 7.52. The molecule has 0 amide bonds. The third-order valence-electron chi connectivity index (χ3n) is 4.58. The molecule has 1 aromatic carbocycles. The first-order chi connectivity index (χ1) is 9.43. The molecule has 4 nitrogen and oxygen atoms in total. The van der Waals surface area contributed by atoms with Gasteiger partial charge in [0.1, 0.15) is 5.02 Å². The first-order valence-electron chi connectivity index (χ1n) is 7.15. The molecular formula is C15H21ClN2O2. The highest BCUT2D eigenvalue weighted by Crippen LogP contribution is 2.37. The quantitative estimate of drug-likeness (QED) is 0.642. The van der Waals surface area contributed by atoms with Gasteiger partial charge in [0, 0.05) is 17.8 Å². The Hall–Kier alpha value is -1.29. The molecule has 1 N–H and O–H groups in total. The maximum absolute atomic E-state index is 10.9. The van der Waals surface area contributed by atoms with E-state index in [0.717, 1.165) is 23.6 Å². The summed E-state index contributed by atoms with van der Waals surface area (Å²) < 4.78 is 0. The van der Waals surface area contributed by atoms with Crippen molar-refractivity contribution in [1.82, 2.24) is 0 Å². The van der Waals surface area contributed by atoms with Gasteiger partial charge in [0.2, 0.25) is 0 Å². The largest absolute Gasteiger partial charge is 0.382 e. The maximum Gasteiger partial charge on any atom is 0.288 e. The van der Waals surface area contributed by atoms with Crippen LogP contribution in [0.15, 0.2) is 12.1 Å². The summed E-state index contributed by atoms with van der Waals surface area (Å²) in [6, 6.07) is 3.65. The predicted molar refractivity (Wildman–Crippen MR) is 82.4 cm³/mol. The summed E-state index contributed by atoms with van der Waals surface area (Å²) in [4.78, 5) is 10.4. The van der Waals surface area contributed by atoms with Crippen LogP contribution in [0.5, 0.6) is 0 Å². The van der Waals surface area contributed by atoms with Gasteiger partial charge in [-0.3, -0.25) is 10.1 Å². The average molecular weight is 297 g/mol. The van der Waals surface area contributed by atoms with E-state index in [4.69, 9.17) is 11.6 Å². The molecule has 3 unspecified atom stereocenters. The van der Waals surface area contributed by atoms with E-state index in [1.807, 2.05) is 6.92 Å². The Bertz CT molecular complexity index is 519. The monoisotopic (exact) mass is 296 g/mol. The number of halogens is 1. The molecule has 0 radical (unpaired) electrons. The van der Waals surface area contributed by atoms with Crippen LogP contribution in [0, 0.1) is 28.9 Å². The molecule has 1 fully saturated rings. The smallest absolute Gasteiger partial charge is 0.288 e. The number of benzene rings is 1. The lowest BCUT2D eigenvalue weighted by atomic mass is 9.93. The number of nitro groups is 1. The second-order valence-electron chi connectivity index (χ2n) is 5.73. The second-order valence-corrected chi connectivity index (χ2v) is 6.14. The number of hydrogen-bond donors (Lipinski definition) is 1. The molecule has 1 aliphatic rings. The highest BCUT2D eigenvalue weighted by atomic mass is 35.5. The van der Waals surface area contributed by atoms with Crippen LogP contribution in [-0.4, -0.2) is 11.0 Å². The Balaban J connectivity index is 2.18. The highest BCUT2D eigenvalue weighted by molar-refractivity contribution is 6.33. The van der Waals surface area contributed by atoms with Gasteiger partial charge >= 0.3 is 0 Å². The zero-order valence-electron chi connectivity index (χ0n) is 12.1. The second kappa shape index (κ2) is 6.00. The minimum Gasteiger partial charge on any atom is -0.382 e. The van der Waals surface area contributed by atoms with Crippen molar-refractivity contribution in [2.75, 3.05) is 5.32 Å². The summed E-state index contributed by atoms with van der Waals surface area (Å²) >= 11 is 5.99. The van der Waals surface area contributed by atoms with E-state index < -0.39 is 4.92 Å². The van der Waals surface area contributed by atoms with E-state index in [0.29, 0.717) is 12.0 Å². The van der Waals surface area contributed by atoms with Crippen LogP contribution in [0.3, 0.4) is 0 Å². The van der Waals surface area contributed by atoms with E-state index in [9.17, 15) is 10.1 Å². The molecule has 1 aliphatic carbocycles. The minimum atomic E-state index is -0.440. The summed E-state index contributed by atoms with van der Waals surface area (Å²) in [7, 11) is 0. The maximum atomic E-state index is 10.9. The van der Waals surface area contributed by atoms with E-state index in [1.165, 1.54) is 12.8 Å². The van der Waals surface area contributed by atoms with E-state index in [2.05, 4.69) is 19.2 Å². The first kappa shape index (κ1) is 15.1. The number of nitrogens with zero attached hydrogens (tertiary/aromatic N) is 1. The number of nitrogens with one attached hydrogen (secondary N) is 1. The minimum absolute atomic E-state index is 0.0272. The number of anilines is 1. The predicted octanol–water partition coefficient (Wildman–Crippen LogP) is 4.79. The van der Waals surface area contributed by atoms with Crippen LogP contribution in [0.1, 0.15) is 38.7 Å². The van der Waals surface area contributed by atoms with Crippen LogP contribution in [-0.2, 0) is 0 Å². The summed E-state index contributed by atoms with van der Waals surface area (Å²) in [6.07, 6.45) is 3.60. The van der Waals surface area contributed by atoms with Crippen LogP contribution in [0.2, 0.25) is 5.02 Å². The highest BCUT2D eigenvalue weighted by Gasteiger charge is 2.31. The third kappa shape index (κ3) is 2.90. The molecule has 1 aromatic rings. The topological polar surface area (TPSA) is 55.2 Å². The number of rotatable bonds is 4. The van der Waals surface area contributed by atoms with Gasteiger partial charge in [0.05, 0.1) is 4.92 Å². The molecule has 0 aromatic heterocycles. The van der Waals surface area contributed by atoms with Crippen molar-refractivity contribution in [2.24, 2.45) is 11.8 Å². The lowest BCUT2D eigenvalue weighted by Gasteiger charge is -2.23. The van der Waals surface area contributed by atoms with Crippen molar-refractivity contribution < 1.29 is 4.92 Å². The molecule has 2 rings (SSSR count). The summed E-state index contributed by atoms with van der Waals surface area (Å²) in [6.45, 7) is 6.39. The van der Waals surface area contributed by atoms with Gasteiger partial charge < -0.3 is 5.32 Å². The fraction of sp³-hybridized carbons (Fsp3) is 0.600. The van der Waals surface area contributed by atoms with Crippen molar-refractivity contribution in [3.8, 4) is 0 Å². The Labute approximate surface area is 124 Å². The Kier molecular flexibility index (Phi) is 4.53. The third-order valence-corrected chi connectivity index (χ3v) is 4.89. The zero-order valence-corrected chi connectivity index (χ0v) is 12.9. The standard InChI is InChI=1S/C15H21ClN2O2/c1-4-11-5-6-13(10(11)3)17-14-8-12(16)15(18(19)20)7-9(14)2/h7-8,10-11,13,17H,4-6H2,1-3H3. The fourth-order valence-corrected chi connectivity index (χ4v) is 3.42. The summed E-state index contributed by atoms with van der Waals surface area (Å²) in [5.41, 5.74) is 1.75. The number of hydrogen-bond acceptors (Lipinski definition) is 3. The van der Waals surface area contributed by atoms with Gasteiger partial charge in [-0.25, -0.2) is 0 Å². The molecule has 0 saturated heterocycles. The lowest BCUT2D eigenvalue weighted by Crippen LogP contribution is -2.25. The Morgan fingerprint density at radius 2 is 2.15 bits per heavy atom. The molecule has 1 saturated carbocycles. The fourth-order valence-electron chi connectivity index (χ4n) is 3.19. The van der Waals surface area contributed by atoms with Gasteiger partial charge in [0.25, 0.3) is 5.69 Å². The van der Waals surface area contributed by atoms with Gasteiger partial charge in [-0.05, 0) is 43.2 Å². The number of nitro benzene ring substituents is 1. The molecular weight excluding hydrogens is 276 g/mol. The molecule has 0 heterocycles. The van der Waals surface area contributed by atoms with Crippen LogP contribution < -0.4 is 5.32 Å². The van der Waals surface area contributed by atoms with Crippen molar-refractivity contribution in [2.45, 2.75) is 46.1 Å². The van der Waals surface area contributed by atoms with Gasteiger partial charge in [-0.15, -0.1) is 0 Å². The Morgan fingerprint density at radius 1 is 1.45 bits per heavy atom. The van der Waals surface area contributed by atoms with Crippen LogP contribution >= 0.6 is 11.6 Å². The van der Waals surface area contributed by atoms with Crippen molar-refractivity contribution >= 4 is 23.0 Å². The molecule has 0 aliphatic heterocycles. The molecule has 3 atom stereocenters. The average Bonchev–Trinajstić information content (AvgIpc) is 2.74. The van der Waals surface area contributed by atoms with Crippen LogP contribution in [0.25, 0.3) is 0 Å². The Morgan fingerprint density at radius 3 is 2.70 bits per heavy atom. The van der Waals surface area contributed by atoms with Crippen molar-refractivity contribution in [1.29, 1.82) is 0 Å². The molecule has 5 heteroatoms. The van der Waals surface area contributed by atoms with Crippen molar-refractivity contribution in [3.63, 3.8) is 0 Å². The zero-order chi connectivity index (χ0) is 14.9. The van der Waals surface area contributed by atoms with Crippen LogP contribution in [0.4, 0.5) is 11.4 Å². The molecule has 110 valence electrons. The van der Waals surface area contributed by atoms with Crippen molar-refractivity contribution in [3.05, 3.63) is 32.8 Å². The normalized spacial score (nSPS) is 25.7. The summed E-state index contributed by atoms with van der Waals surface area (Å²) in [5.74, 6) is 1.38. The molecule has 0 bridgehead atoms. The van der Waals surface area contributed by atoms with Gasteiger partial charge in [-0.1, -0.05) is 31.9 Å². The van der Waals surface area contributed by atoms with Gasteiger partial charge in [-0.2, -0.15) is 0 Å². The lowest BCUT2D eigenvalue weighted by molar-refractivity contribution is -0.384. The van der Waals surface area contributed by atoms with E-state index >= 15 is 0 Å². The van der Waals surface area contributed by atoms with Gasteiger partial charge in [0.15, 0.2) is 0 Å². The SMILES string of the molecule is CCC1CCC(Nc2cc(Cl)c([N+](=O)[O-])cc2C)C1C. The number of aryl methyl sites for hydroxylation is 1.